The van der Waals surface area contributed by atoms with Crippen molar-refractivity contribution in [3.05, 3.63) is 16.4 Å². The Kier molecular flexibility index (Phi) is 2.75. The molecule has 15 heavy (non-hydrogen) atoms. The number of nitrogens with one attached hydrogen (secondary N) is 1. The maximum atomic E-state index is 5.87. The summed E-state index contributed by atoms with van der Waals surface area (Å²) in [6.45, 7) is 2.04. The molecule has 6 heteroatoms. The van der Waals surface area contributed by atoms with E-state index in [0.717, 1.165) is 6.42 Å². The lowest BCUT2D eigenvalue weighted by atomic mass is 10.3. The van der Waals surface area contributed by atoms with Crippen LogP contribution in [0.3, 0.4) is 0 Å². The Morgan fingerprint density at radius 2 is 2.27 bits per heavy atom. The molecule has 1 saturated carbocycles. The summed E-state index contributed by atoms with van der Waals surface area (Å²) in [7, 11) is 1.70. The molecule has 0 amide bonds. The van der Waals surface area contributed by atoms with Crippen molar-refractivity contribution >= 4 is 28.9 Å². The molecular formula is C9H11Cl2N3O. The van der Waals surface area contributed by atoms with Crippen LogP contribution in [-0.4, -0.2) is 29.0 Å². The summed E-state index contributed by atoms with van der Waals surface area (Å²) in [5.74, 6) is 0. The quantitative estimate of drug-likeness (QED) is 0.891. The Hall–Kier alpha value is -0.580. The zero-order valence-electron chi connectivity index (χ0n) is 8.42. The Labute approximate surface area is 97.9 Å². The van der Waals surface area contributed by atoms with Crippen LogP contribution < -0.4 is 5.32 Å². The third-order valence-electron chi connectivity index (χ3n) is 2.70. The third-order valence-corrected chi connectivity index (χ3v) is 3.17. The van der Waals surface area contributed by atoms with E-state index in [4.69, 9.17) is 27.9 Å². The molecule has 82 valence electrons. The Morgan fingerprint density at radius 3 is 2.87 bits per heavy atom. The van der Waals surface area contributed by atoms with Crippen molar-refractivity contribution in [2.45, 2.75) is 25.0 Å². The smallest absolute Gasteiger partial charge is 0.174 e. The molecule has 4 nitrogen and oxygen atoms in total. The van der Waals surface area contributed by atoms with Gasteiger partial charge in [0.1, 0.15) is 0 Å². The first-order valence-corrected chi connectivity index (χ1v) is 5.31. The number of aromatic nitrogens is 2. The third kappa shape index (κ3) is 2.17. The monoisotopic (exact) mass is 247 g/mol. The number of nitrogens with zero attached hydrogens (tertiary/aromatic N) is 2. The average molecular weight is 248 g/mol. The summed E-state index contributed by atoms with van der Waals surface area (Å²) in [4.78, 5) is 0. The first-order valence-electron chi connectivity index (χ1n) is 4.55. The van der Waals surface area contributed by atoms with Gasteiger partial charge in [-0.3, -0.25) is 0 Å². The predicted octanol–water partition coefficient (Wildman–Crippen LogP) is 2.37. The summed E-state index contributed by atoms with van der Waals surface area (Å²) in [6.07, 6.45) is 0.944. The number of ether oxygens (including phenoxy) is 1. The number of methoxy groups -OCH3 is 1. The second-order valence-corrected chi connectivity index (χ2v) is 4.53. The number of hydrogen-bond donors (Lipinski definition) is 1. The van der Waals surface area contributed by atoms with E-state index in [2.05, 4.69) is 15.5 Å². The lowest BCUT2D eigenvalue weighted by molar-refractivity contribution is 0.0936. The average Bonchev–Trinajstić information content (AvgIpc) is 2.84. The maximum absolute atomic E-state index is 5.87. The highest BCUT2D eigenvalue weighted by molar-refractivity contribution is 6.33. The summed E-state index contributed by atoms with van der Waals surface area (Å²) < 4.78 is 5.33. The van der Waals surface area contributed by atoms with Gasteiger partial charge in [-0.05, 0) is 6.92 Å². The number of anilines is 1. The highest BCUT2D eigenvalue weighted by Crippen LogP contribution is 2.41. The minimum absolute atomic E-state index is 0.112. The van der Waals surface area contributed by atoms with E-state index >= 15 is 0 Å². The Bertz CT molecular complexity index is 388. The van der Waals surface area contributed by atoms with Crippen molar-refractivity contribution in [3.8, 4) is 0 Å². The molecule has 2 atom stereocenters. The van der Waals surface area contributed by atoms with E-state index in [1.54, 1.807) is 13.2 Å². The number of hydrogen-bond acceptors (Lipinski definition) is 4. The molecule has 0 aromatic carbocycles. The number of rotatable bonds is 3. The molecule has 1 aromatic rings. The van der Waals surface area contributed by atoms with Crippen molar-refractivity contribution in [1.29, 1.82) is 0 Å². The van der Waals surface area contributed by atoms with Crippen LogP contribution in [0.15, 0.2) is 6.07 Å². The highest BCUT2D eigenvalue weighted by atomic mass is 35.5. The molecular weight excluding hydrogens is 237 g/mol. The largest absolute Gasteiger partial charge is 0.377 e. The Balaban J connectivity index is 2.09. The first-order chi connectivity index (χ1) is 7.05. The van der Waals surface area contributed by atoms with E-state index in [9.17, 15) is 0 Å². The van der Waals surface area contributed by atoms with E-state index < -0.39 is 0 Å². The van der Waals surface area contributed by atoms with Crippen LogP contribution in [-0.2, 0) is 4.74 Å². The van der Waals surface area contributed by atoms with Gasteiger partial charge in [-0.25, -0.2) is 0 Å². The molecule has 0 spiro atoms. The van der Waals surface area contributed by atoms with Gasteiger partial charge < -0.3 is 10.1 Å². The molecule has 1 aromatic heterocycles. The minimum Gasteiger partial charge on any atom is -0.377 e. The summed E-state index contributed by atoms with van der Waals surface area (Å²) in [5.41, 5.74) is 0.585. The van der Waals surface area contributed by atoms with Crippen LogP contribution in [0.2, 0.25) is 10.3 Å². The molecule has 1 aliphatic carbocycles. The van der Waals surface area contributed by atoms with Gasteiger partial charge in [0.05, 0.1) is 17.3 Å². The lowest BCUT2D eigenvalue weighted by Crippen LogP contribution is -2.18. The molecule has 1 heterocycles. The fourth-order valence-corrected chi connectivity index (χ4v) is 1.71. The van der Waals surface area contributed by atoms with E-state index in [1.165, 1.54) is 0 Å². The second-order valence-electron chi connectivity index (χ2n) is 3.79. The van der Waals surface area contributed by atoms with Gasteiger partial charge in [-0.2, -0.15) is 0 Å². The maximum Gasteiger partial charge on any atom is 0.174 e. The SMILES string of the molecule is CO[C@@]1(C)C[C@H]1Nc1cc(Cl)nnc1Cl. The Morgan fingerprint density at radius 1 is 1.53 bits per heavy atom. The molecule has 1 aliphatic rings. The standard InChI is InChI=1S/C9H11Cl2N3O/c1-9(15-2)4-6(9)12-5-3-7(10)13-14-8(5)11/h3,6H,4H2,1-2H3,(H,12,13)/t6-,9+/m1/s1. The normalized spacial score (nSPS) is 28.9. The van der Waals surface area contributed by atoms with Crippen molar-refractivity contribution in [2.24, 2.45) is 0 Å². The molecule has 0 bridgehead atoms. The van der Waals surface area contributed by atoms with Crippen molar-refractivity contribution in [1.82, 2.24) is 10.2 Å². The molecule has 1 N–H and O–H groups in total. The molecule has 0 saturated heterocycles. The van der Waals surface area contributed by atoms with Gasteiger partial charge in [0.2, 0.25) is 0 Å². The minimum atomic E-state index is -0.112. The van der Waals surface area contributed by atoms with Gasteiger partial charge in [0.15, 0.2) is 10.3 Å². The van der Waals surface area contributed by atoms with E-state index in [-0.39, 0.29) is 11.6 Å². The second kappa shape index (κ2) is 3.77. The summed E-state index contributed by atoms with van der Waals surface area (Å²) >= 11 is 11.6. The topological polar surface area (TPSA) is 47.0 Å². The molecule has 2 rings (SSSR count). The van der Waals surface area contributed by atoms with Gasteiger partial charge in [-0.15, -0.1) is 10.2 Å². The molecule has 0 aliphatic heterocycles. The summed E-state index contributed by atoms with van der Waals surface area (Å²) in [6, 6.07) is 1.91. The van der Waals surface area contributed by atoms with Crippen molar-refractivity contribution in [2.75, 3.05) is 12.4 Å². The molecule has 0 radical (unpaired) electrons. The van der Waals surface area contributed by atoms with Crippen molar-refractivity contribution < 1.29 is 4.74 Å². The first kappa shape index (κ1) is 10.9. The van der Waals surface area contributed by atoms with Crippen LogP contribution in [0.1, 0.15) is 13.3 Å². The van der Waals surface area contributed by atoms with Crippen LogP contribution in [0.4, 0.5) is 5.69 Å². The number of halogens is 2. The van der Waals surface area contributed by atoms with Crippen LogP contribution in [0.25, 0.3) is 0 Å². The van der Waals surface area contributed by atoms with Gasteiger partial charge in [-0.1, -0.05) is 23.2 Å². The van der Waals surface area contributed by atoms with Gasteiger partial charge in [0.25, 0.3) is 0 Å². The zero-order valence-corrected chi connectivity index (χ0v) is 9.93. The van der Waals surface area contributed by atoms with E-state index in [1.807, 2.05) is 6.92 Å². The van der Waals surface area contributed by atoms with Crippen LogP contribution in [0, 0.1) is 0 Å². The lowest BCUT2D eigenvalue weighted by Gasteiger charge is -2.11. The van der Waals surface area contributed by atoms with Gasteiger partial charge in [0, 0.05) is 19.6 Å². The van der Waals surface area contributed by atoms with E-state index in [0.29, 0.717) is 16.0 Å². The van der Waals surface area contributed by atoms with Gasteiger partial charge >= 0.3 is 0 Å². The van der Waals surface area contributed by atoms with Crippen molar-refractivity contribution in [3.63, 3.8) is 0 Å². The zero-order chi connectivity index (χ0) is 11.1. The molecule has 1 fully saturated rings. The predicted molar refractivity (Wildman–Crippen MR) is 59.5 cm³/mol. The molecule has 0 unspecified atom stereocenters. The van der Waals surface area contributed by atoms with Crippen LogP contribution in [0.5, 0.6) is 0 Å². The highest BCUT2D eigenvalue weighted by Gasteiger charge is 2.51. The fraction of sp³-hybridized carbons (Fsp3) is 0.556. The summed E-state index contributed by atoms with van der Waals surface area (Å²) in [5, 5.41) is 11.2. The fourth-order valence-electron chi connectivity index (χ4n) is 1.42. The van der Waals surface area contributed by atoms with Crippen LogP contribution >= 0.6 is 23.2 Å².